The number of hydrogen-bond donors (Lipinski definition) is 1. The first-order valence-electron chi connectivity index (χ1n) is 7.00. The summed E-state index contributed by atoms with van der Waals surface area (Å²) in [5, 5.41) is 4.96. The Kier molecular flexibility index (Phi) is 4.94. The molecule has 0 aliphatic carbocycles. The van der Waals surface area contributed by atoms with Crippen molar-refractivity contribution in [3.05, 3.63) is 46.2 Å². The molecule has 0 bridgehead atoms. The number of aromatic nitrogens is 2. The van der Waals surface area contributed by atoms with Gasteiger partial charge in [-0.1, -0.05) is 11.6 Å². The molecule has 0 aliphatic heterocycles. The first-order chi connectivity index (χ1) is 10.2. The smallest absolute Gasteiger partial charge is 0.240 e. The van der Waals surface area contributed by atoms with Crippen molar-refractivity contribution in [2.24, 2.45) is 0 Å². The molecule has 7 heteroatoms. The van der Waals surface area contributed by atoms with Crippen molar-refractivity contribution in [1.29, 1.82) is 0 Å². The van der Waals surface area contributed by atoms with Crippen LogP contribution in [-0.4, -0.2) is 24.7 Å². The van der Waals surface area contributed by atoms with Crippen LogP contribution in [-0.2, 0) is 10.0 Å². The third-order valence-electron chi connectivity index (χ3n) is 3.80. The lowest BCUT2D eigenvalue weighted by atomic mass is 10.2. The zero-order valence-corrected chi connectivity index (χ0v) is 14.7. The third kappa shape index (κ3) is 3.51. The van der Waals surface area contributed by atoms with E-state index in [1.165, 1.54) is 12.1 Å². The molecule has 2 aromatic rings. The van der Waals surface area contributed by atoms with Crippen molar-refractivity contribution in [1.82, 2.24) is 14.5 Å². The second-order valence-corrected chi connectivity index (χ2v) is 7.60. The molecule has 1 atom stereocenters. The van der Waals surface area contributed by atoms with Crippen LogP contribution in [0.1, 0.15) is 29.9 Å². The Balaban J connectivity index is 2.11. The highest BCUT2D eigenvalue weighted by Crippen LogP contribution is 2.17. The van der Waals surface area contributed by atoms with Crippen molar-refractivity contribution in [3.8, 4) is 0 Å². The molecular formula is C15H20ClN3O2S. The second-order valence-electron chi connectivity index (χ2n) is 5.40. The Bertz CT molecular complexity index is 767. The summed E-state index contributed by atoms with van der Waals surface area (Å²) < 4.78 is 29.0. The van der Waals surface area contributed by atoms with Crippen molar-refractivity contribution >= 4 is 21.6 Å². The van der Waals surface area contributed by atoms with Crippen molar-refractivity contribution in [2.45, 2.75) is 38.6 Å². The molecule has 1 aromatic heterocycles. The minimum atomic E-state index is -3.55. The highest BCUT2D eigenvalue weighted by Gasteiger charge is 2.18. The fraction of sp³-hybridized carbons (Fsp3) is 0.400. The summed E-state index contributed by atoms with van der Waals surface area (Å²) in [6.07, 6.45) is 0. The van der Waals surface area contributed by atoms with Gasteiger partial charge in [-0.2, -0.15) is 5.10 Å². The quantitative estimate of drug-likeness (QED) is 0.909. The number of benzene rings is 1. The molecular weight excluding hydrogens is 322 g/mol. The summed E-state index contributed by atoms with van der Waals surface area (Å²) >= 11 is 5.78. The molecule has 120 valence electrons. The van der Waals surface area contributed by atoms with Gasteiger partial charge in [0.25, 0.3) is 0 Å². The molecule has 0 unspecified atom stereocenters. The molecule has 2 rings (SSSR count). The lowest BCUT2D eigenvalue weighted by Gasteiger charge is -2.15. The Labute approximate surface area is 136 Å². The maximum Gasteiger partial charge on any atom is 0.240 e. The molecule has 22 heavy (non-hydrogen) atoms. The van der Waals surface area contributed by atoms with Gasteiger partial charge in [0.2, 0.25) is 10.0 Å². The average Bonchev–Trinajstić information content (AvgIpc) is 2.73. The van der Waals surface area contributed by atoms with Crippen LogP contribution in [0.3, 0.4) is 0 Å². The predicted molar refractivity (Wildman–Crippen MR) is 87.8 cm³/mol. The largest absolute Gasteiger partial charge is 0.265 e. The van der Waals surface area contributed by atoms with E-state index in [-0.39, 0.29) is 17.5 Å². The van der Waals surface area contributed by atoms with Gasteiger partial charge < -0.3 is 0 Å². The van der Waals surface area contributed by atoms with Crippen LogP contribution >= 0.6 is 11.6 Å². The topological polar surface area (TPSA) is 64.0 Å². The fourth-order valence-corrected chi connectivity index (χ4v) is 3.44. The lowest BCUT2D eigenvalue weighted by molar-refractivity contribution is 0.467. The molecule has 0 aliphatic rings. The maximum absolute atomic E-state index is 12.3. The summed E-state index contributed by atoms with van der Waals surface area (Å²) in [7, 11) is -3.55. The molecule has 0 amide bonds. The summed E-state index contributed by atoms with van der Waals surface area (Å²) in [6, 6.07) is 6.02. The first-order valence-corrected chi connectivity index (χ1v) is 8.86. The summed E-state index contributed by atoms with van der Waals surface area (Å²) in [6.45, 7) is 8.15. The zero-order valence-electron chi connectivity index (χ0n) is 13.1. The second kappa shape index (κ2) is 6.40. The number of rotatable bonds is 5. The number of nitrogens with zero attached hydrogens (tertiary/aromatic N) is 2. The van der Waals surface area contributed by atoms with Crippen LogP contribution in [0.4, 0.5) is 0 Å². The van der Waals surface area contributed by atoms with E-state index < -0.39 is 10.0 Å². The van der Waals surface area contributed by atoms with Crippen LogP contribution in [0.5, 0.6) is 0 Å². The standard InChI is InChI=1S/C15H20ClN3O2S/c1-10(19-13(4)11(2)12(3)18-19)9-17-22(20,21)15-7-5-14(16)6-8-15/h5-8,10,17H,9H2,1-4H3/t10-/m0/s1. The van der Waals surface area contributed by atoms with Gasteiger partial charge in [-0.3, -0.25) is 4.68 Å². The van der Waals surface area contributed by atoms with Gasteiger partial charge in [-0.15, -0.1) is 0 Å². The Morgan fingerprint density at radius 3 is 2.32 bits per heavy atom. The maximum atomic E-state index is 12.3. The Hall–Kier alpha value is -1.37. The van der Waals surface area contributed by atoms with Gasteiger partial charge >= 0.3 is 0 Å². The molecule has 1 heterocycles. The van der Waals surface area contributed by atoms with Crippen molar-refractivity contribution < 1.29 is 8.42 Å². The number of sulfonamides is 1. The van der Waals surface area contributed by atoms with Gasteiger partial charge in [-0.05, 0) is 57.5 Å². The number of hydrogen-bond acceptors (Lipinski definition) is 3. The molecule has 0 saturated carbocycles. The van der Waals surface area contributed by atoms with Crippen LogP contribution < -0.4 is 4.72 Å². The van der Waals surface area contributed by atoms with Gasteiger partial charge in [0.1, 0.15) is 0 Å². The van der Waals surface area contributed by atoms with E-state index in [1.807, 2.05) is 32.4 Å². The normalized spacial score (nSPS) is 13.3. The van der Waals surface area contributed by atoms with Gasteiger partial charge in [0.05, 0.1) is 16.6 Å². The first kappa shape index (κ1) is 17.0. The third-order valence-corrected chi connectivity index (χ3v) is 5.49. The van der Waals surface area contributed by atoms with Gasteiger partial charge in [0.15, 0.2) is 0 Å². The van der Waals surface area contributed by atoms with E-state index in [0.717, 1.165) is 17.0 Å². The van der Waals surface area contributed by atoms with Crippen LogP contribution in [0.15, 0.2) is 29.2 Å². The highest BCUT2D eigenvalue weighted by molar-refractivity contribution is 7.89. The van der Waals surface area contributed by atoms with Gasteiger partial charge in [-0.25, -0.2) is 13.1 Å². The molecule has 0 radical (unpaired) electrons. The Morgan fingerprint density at radius 2 is 1.82 bits per heavy atom. The minimum Gasteiger partial charge on any atom is -0.265 e. The summed E-state index contributed by atoms with van der Waals surface area (Å²) in [5.41, 5.74) is 3.15. The summed E-state index contributed by atoms with van der Waals surface area (Å²) in [4.78, 5) is 0.202. The van der Waals surface area contributed by atoms with Crippen LogP contribution in [0, 0.1) is 20.8 Å². The average molecular weight is 342 g/mol. The van der Waals surface area contributed by atoms with Crippen LogP contribution in [0.2, 0.25) is 5.02 Å². The van der Waals surface area contributed by atoms with Crippen LogP contribution in [0.25, 0.3) is 0 Å². The minimum absolute atomic E-state index is 0.0746. The monoisotopic (exact) mass is 341 g/mol. The van der Waals surface area contributed by atoms with E-state index in [4.69, 9.17) is 11.6 Å². The molecule has 1 aromatic carbocycles. The fourth-order valence-electron chi connectivity index (χ4n) is 2.19. The summed E-state index contributed by atoms with van der Waals surface area (Å²) in [5.74, 6) is 0. The molecule has 1 N–H and O–H groups in total. The SMILES string of the molecule is Cc1nn([C@@H](C)CNS(=O)(=O)c2ccc(Cl)cc2)c(C)c1C. The number of halogens is 1. The zero-order chi connectivity index (χ0) is 16.5. The predicted octanol–water partition coefficient (Wildman–Crippen LogP) is 3.00. The lowest BCUT2D eigenvalue weighted by Crippen LogP contribution is -2.30. The molecule has 0 fully saturated rings. The number of nitrogens with one attached hydrogen (secondary N) is 1. The molecule has 0 spiro atoms. The van der Waals surface area contributed by atoms with E-state index >= 15 is 0 Å². The molecule has 0 saturated heterocycles. The number of aryl methyl sites for hydroxylation is 1. The van der Waals surface area contributed by atoms with Crippen molar-refractivity contribution in [3.63, 3.8) is 0 Å². The van der Waals surface area contributed by atoms with Gasteiger partial charge in [0, 0.05) is 17.3 Å². The van der Waals surface area contributed by atoms with E-state index in [0.29, 0.717) is 5.02 Å². The van der Waals surface area contributed by atoms with E-state index in [1.54, 1.807) is 12.1 Å². The van der Waals surface area contributed by atoms with Crippen molar-refractivity contribution in [2.75, 3.05) is 6.54 Å². The Morgan fingerprint density at radius 1 is 1.23 bits per heavy atom. The van der Waals surface area contributed by atoms with E-state index in [9.17, 15) is 8.42 Å². The molecule has 5 nitrogen and oxygen atoms in total. The highest BCUT2D eigenvalue weighted by atomic mass is 35.5. The van der Waals surface area contributed by atoms with E-state index in [2.05, 4.69) is 9.82 Å².